The highest BCUT2D eigenvalue weighted by molar-refractivity contribution is 6.04. The van der Waals surface area contributed by atoms with E-state index in [-0.39, 0.29) is 11.7 Å². The van der Waals surface area contributed by atoms with E-state index in [2.05, 4.69) is 10.5 Å². The molecule has 5 aliphatic rings. The highest BCUT2D eigenvalue weighted by atomic mass is 19.1. The lowest BCUT2D eigenvalue weighted by Crippen LogP contribution is -2.57. The number of carbonyl (C=O) groups excluding carboxylic acids is 1. The zero-order valence-corrected chi connectivity index (χ0v) is 14.2. The second-order valence-corrected chi connectivity index (χ2v) is 8.31. The van der Waals surface area contributed by atoms with Crippen LogP contribution in [0.25, 0.3) is 0 Å². The minimum Gasteiger partial charge on any atom is -0.382 e. The van der Waals surface area contributed by atoms with Crippen LogP contribution in [0.1, 0.15) is 44.1 Å². The fraction of sp³-hybridized carbons (Fsp3) is 0.600. The molecule has 1 amide bonds. The largest absolute Gasteiger partial charge is 0.382 e. The normalized spacial score (nSPS) is 38.4. The third kappa shape index (κ3) is 2.74. The number of nitrogens with one attached hydrogen (secondary N) is 1. The molecule has 4 fully saturated rings. The van der Waals surface area contributed by atoms with E-state index in [1.54, 1.807) is 12.1 Å². The Balaban J connectivity index is 1.23. The highest BCUT2D eigenvalue weighted by Gasteiger charge is 2.49. The molecule has 1 unspecified atom stereocenters. The topological polar surface area (TPSA) is 50.7 Å². The molecule has 1 aromatic carbocycles. The molecule has 132 valence electrons. The van der Waals surface area contributed by atoms with E-state index in [1.807, 2.05) is 0 Å². The number of nitrogens with zero attached hydrogens (tertiary/aromatic N) is 1. The molecule has 0 saturated heterocycles. The molecule has 25 heavy (non-hydrogen) atoms. The van der Waals surface area contributed by atoms with Gasteiger partial charge in [0, 0.05) is 18.0 Å². The van der Waals surface area contributed by atoms with Crippen LogP contribution in [0, 0.1) is 29.5 Å². The van der Waals surface area contributed by atoms with Crippen molar-refractivity contribution in [3.8, 4) is 0 Å². The van der Waals surface area contributed by atoms with Gasteiger partial charge in [-0.3, -0.25) is 4.79 Å². The molecule has 6 rings (SSSR count). The lowest BCUT2D eigenvalue weighted by Gasteiger charge is -2.54. The summed E-state index contributed by atoms with van der Waals surface area (Å²) in [7, 11) is 0. The van der Waals surface area contributed by atoms with Crippen LogP contribution in [0.15, 0.2) is 29.4 Å². The average molecular weight is 342 g/mol. The number of carbonyl (C=O) groups is 1. The van der Waals surface area contributed by atoms with Crippen molar-refractivity contribution in [2.45, 2.75) is 50.7 Å². The van der Waals surface area contributed by atoms with E-state index in [4.69, 9.17) is 4.84 Å². The van der Waals surface area contributed by atoms with Crippen LogP contribution < -0.4 is 5.32 Å². The van der Waals surface area contributed by atoms with Crippen LogP contribution in [-0.2, 0) is 9.63 Å². The molecule has 1 aliphatic heterocycles. The number of rotatable bonds is 3. The Morgan fingerprint density at radius 3 is 2.52 bits per heavy atom. The summed E-state index contributed by atoms with van der Waals surface area (Å²) < 4.78 is 13.4. The number of benzene rings is 1. The van der Waals surface area contributed by atoms with Gasteiger partial charge in [0.25, 0.3) is 5.91 Å². The van der Waals surface area contributed by atoms with Gasteiger partial charge in [-0.15, -0.1) is 0 Å². The first-order valence-electron chi connectivity index (χ1n) is 9.44. The number of hydrogen-bond acceptors (Lipinski definition) is 3. The van der Waals surface area contributed by atoms with E-state index in [1.165, 1.54) is 44.2 Å². The SMILES string of the molecule is O=C(NC1C2CC3CC(C2)CC1C3)C1CC(c2cccc(F)c2)=NO1. The average Bonchev–Trinajstić information content (AvgIpc) is 3.07. The number of halogens is 1. The monoisotopic (exact) mass is 342 g/mol. The number of oxime groups is 1. The van der Waals surface area contributed by atoms with Crippen LogP contribution >= 0.6 is 0 Å². The molecule has 1 N–H and O–H groups in total. The van der Waals surface area contributed by atoms with Gasteiger partial charge >= 0.3 is 0 Å². The van der Waals surface area contributed by atoms with Crippen molar-refractivity contribution in [2.24, 2.45) is 28.8 Å². The van der Waals surface area contributed by atoms with E-state index in [9.17, 15) is 9.18 Å². The predicted molar refractivity (Wildman–Crippen MR) is 91.4 cm³/mol. The minimum absolute atomic E-state index is 0.0624. The highest BCUT2D eigenvalue weighted by Crippen LogP contribution is 2.53. The maximum atomic E-state index is 13.4. The maximum Gasteiger partial charge on any atom is 0.264 e. The minimum atomic E-state index is -0.588. The first kappa shape index (κ1) is 15.4. The Morgan fingerprint density at radius 1 is 1.12 bits per heavy atom. The molecule has 4 saturated carbocycles. The van der Waals surface area contributed by atoms with E-state index in [0.29, 0.717) is 35.6 Å². The molecule has 0 aromatic heterocycles. The van der Waals surface area contributed by atoms with Crippen LogP contribution in [-0.4, -0.2) is 23.8 Å². The van der Waals surface area contributed by atoms with Crippen LogP contribution in [0.3, 0.4) is 0 Å². The quantitative estimate of drug-likeness (QED) is 0.917. The van der Waals surface area contributed by atoms with Gasteiger partial charge in [0.1, 0.15) is 5.82 Å². The van der Waals surface area contributed by atoms with Gasteiger partial charge in [0.15, 0.2) is 0 Å². The zero-order chi connectivity index (χ0) is 17.0. The van der Waals surface area contributed by atoms with Gasteiger partial charge in [-0.05, 0) is 67.9 Å². The Bertz CT molecular complexity index is 704. The van der Waals surface area contributed by atoms with Crippen molar-refractivity contribution >= 4 is 11.6 Å². The first-order chi connectivity index (χ1) is 12.2. The Hall–Kier alpha value is -1.91. The van der Waals surface area contributed by atoms with Crippen molar-refractivity contribution in [2.75, 3.05) is 0 Å². The third-order valence-electron chi connectivity index (χ3n) is 6.65. The number of amides is 1. The van der Waals surface area contributed by atoms with Crippen molar-refractivity contribution in [1.82, 2.24) is 5.32 Å². The molecule has 1 atom stereocenters. The van der Waals surface area contributed by atoms with Crippen LogP contribution in [0.5, 0.6) is 0 Å². The van der Waals surface area contributed by atoms with Crippen LogP contribution in [0.2, 0.25) is 0 Å². The van der Waals surface area contributed by atoms with E-state index in [0.717, 1.165) is 11.8 Å². The molecule has 1 aromatic rings. The third-order valence-corrected chi connectivity index (χ3v) is 6.65. The summed E-state index contributed by atoms with van der Waals surface area (Å²) >= 11 is 0. The molecule has 5 heteroatoms. The Labute approximate surface area is 146 Å². The van der Waals surface area contributed by atoms with Gasteiger partial charge in [0.05, 0.1) is 5.71 Å². The van der Waals surface area contributed by atoms with Gasteiger partial charge in [-0.2, -0.15) is 0 Å². The smallest absolute Gasteiger partial charge is 0.264 e. The van der Waals surface area contributed by atoms with Gasteiger partial charge in [-0.25, -0.2) is 4.39 Å². The Kier molecular flexibility index (Phi) is 3.57. The van der Waals surface area contributed by atoms with Crippen molar-refractivity contribution in [1.29, 1.82) is 0 Å². The summed E-state index contributed by atoms with van der Waals surface area (Å²) in [6.07, 6.45) is 6.31. The molecule has 1 heterocycles. The fourth-order valence-electron chi connectivity index (χ4n) is 5.77. The van der Waals surface area contributed by atoms with E-state index >= 15 is 0 Å². The van der Waals surface area contributed by atoms with Crippen LogP contribution in [0.4, 0.5) is 4.39 Å². The standard InChI is InChI=1S/C20H23FN2O2/c21-16-3-1-2-13(9-16)17-10-18(25-23-17)20(24)22-19-14-5-11-4-12(7-14)8-15(19)6-11/h1-3,9,11-12,14-15,18-19H,4-8,10H2,(H,22,24). The zero-order valence-electron chi connectivity index (χ0n) is 14.2. The second-order valence-electron chi connectivity index (χ2n) is 8.31. The lowest BCUT2D eigenvalue weighted by atomic mass is 9.54. The van der Waals surface area contributed by atoms with Crippen molar-refractivity contribution in [3.05, 3.63) is 35.6 Å². The van der Waals surface area contributed by atoms with Crippen molar-refractivity contribution < 1.29 is 14.0 Å². The van der Waals surface area contributed by atoms with Gasteiger partial charge < -0.3 is 10.2 Å². The summed E-state index contributed by atoms with van der Waals surface area (Å²) in [4.78, 5) is 18.1. The summed E-state index contributed by atoms with van der Waals surface area (Å²) in [5, 5.41) is 7.30. The summed E-state index contributed by atoms with van der Waals surface area (Å²) in [6.45, 7) is 0. The Morgan fingerprint density at radius 2 is 1.84 bits per heavy atom. The number of hydrogen-bond donors (Lipinski definition) is 1. The van der Waals surface area contributed by atoms with Gasteiger partial charge in [-0.1, -0.05) is 17.3 Å². The molecule has 4 nitrogen and oxygen atoms in total. The first-order valence-corrected chi connectivity index (χ1v) is 9.44. The summed E-state index contributed by atoms with van der Waals surface area (Å²) in [6, 6.07) is 6.58. The summed E-state index contributed by atoms with van der Waals surface area (Å²) in [5.74, 6) is 2.70. The molecule has 4 bridgehead atoms. The molecule has 0 radical (unpaired) electrons. The lowest BCUT2D eigenvalue weighted by molar-refractivity contribution is -0.135. The van der Waals surface area contributed by atoms with E-state index < -0.39 is 6.10 Å². The predicted octanol–water partition coefficient (Wildman–Crippen LogP) is 3.26. The fourth-order valence-corrected chi connectivity index (χ4v) is 5.77. The second kappa shape index (κ2) is 5.82. The van der Waals surface area contributed by atoms with Crippen molar-refractivity contribution in [3.63, 3.8) is 0 Å². The molecule has 0 spiro atoms. The molecular formula is C20H23FN2O2. The molecular weight excluding hydrogens is 319 g/mol. The van der Waals surface area contributed by atoms with Gasteiger partial charge in [0.2, 0.25) is 6.10 Å². The summed E-state index contributed by atoms with van der Waals surface area (Å²) in [5.41, 5.74) is 1.33. The maximum absolute atomic E-state index is 13.4. The molecule has 4 aliphatic carbocycles.